The van der Waals surface area contributed by atoms with Crippen LogP contribution in [-0.4, -0.2) is 13.1 Å². The van der Waals surface area contributed by atoms with Crippen molar-refractivity contribution in [3.63, 3.8) is 0 Å². The van der Waals surface area contributed by atoms with Gasteiger partial charge in [-0.2, -0.15) is 0 Å². The van der Waals surface area contributed by atoms with Gasteiger partial charge in [-0.3, -0.25) is 0 Å². The van der Waals surface area contributed by atoms with Crippen LogP contribution in [0.15, 0.2) is 11.6 Å². The monoisotopic (exact) mass is 149 g/mol. The Hall–Kier alpha value is -0.740. The lowest BCUT2D eigenvalue weighted by Crippen LogP contribution is -2.17. The Bertz CT molecular complexity index is 174. The fourth-order valence-electron chi connectivity index (χ4n) is 1.36. The molecule has 0 radical (unpaired) electrons. The molecule has 1 rings (SSSR count). The van der Waals surface area contributed by atoms with Crippen molar-refractivity contribution in [2.24, 2.45) is 0 Å². The molecular formula is C10H15N. The number of hydrogen-bond acceptors (Lipinski definition) is 1. The number of allylic oxidation sites excluding steroid dienone is 1. The molecule has 0 spiro atoms. The second kappa shape index (κ2) is 4.98. The first-order valence-corrected chi connectivity index (χ1v) is 4.25. The molecule has 1 aliphatic carbocycles. The summed E-state index contributed by atoms with van der Waals surface area (Å²) in [6.45, 7) is 1.68. The molecule has 1 heteroatoms. The number of rotatable bonds is 3. The molecule has 0 aromatic rings. The maximum absolute atomic E-state index is 5.11. The summed E-state index contributed by atoms with van der Waals surface area (Å²) in [6, 6.07) is 0. The van der Waals surface area contributed by atoms with Crippen LogP contribution < -0.4 is 5.32 Å². The molecule has 11 heavy (non-hydrogen) atoms. The summed E-state index contributed by atoms with van der Waals surface area (Å²) >= 11 is 0. The van der Waals surface area contributed by atoms with Gasteiger partial charge in [0.2, 0.25) is 0 Å². The van der Waals surface area contributed by atoms with E-state index in [2.05, 4.69) is 17.3 Å². The number of hydrogen-bond donors (Lipinski definition) is 1. The van der Waals surface area contributed by atoms with E-state index in [0.29, 0.717) is 6.54 Å². The van der Waals surface area contributed by atoms with Crippen molar-refractivity contribution in [1.29, 1.82) is 0 Å². The standard InChI is InChI=1S/C10H15N/c1-2-8-11-9-10-6-4-3-5-7-10/h1,6,11H,3-5,7-9H2. The van der Waals surface area contributed by atoms with E-state index in [-0.39, 0.29) is 0 Å². The first-order chi connectivity index (χ1) is 5.43. The fraction of sp³-hybridized carbons (Fsp3) is 0.600. The Morgan fingerprint density at radius 3 is 3.09 bits per heavy atom. The third-order valence-corrected chi connectivity index (χ3v) is 1.96. The molecule has 0 atom stereocenters. The van der Waals surface area contributed by atoms with E-state index in [4.69, 9.17) is 6.42 Å². The third-order valence-electron chi connectivity index (χ3n) is 1.96. The second-order valence-corrected chi connectivity index (χ2v) is 2.92. The van der Waals surface area contributed by atoms with Gasteiger partial charge >= 0.3 is 0 Å². The molecule has 0 fully saturated rings. The van der Waals surface area contributed by atoms with Crippen LogP contribution in [-0.2, 0) is 0 Å². The number of nitrogens with one attached hydrogen (secondary N) is 1. The van der Waals surface area contributed by atoms with Gasteiger partial charge in [-0.25, -0.2) is 0 Å². The fourth-order valence-corrected chi connectivity index (χ4v) is 1.36. The molecule has 0 unspecified atom stereocenters. The quantitative estimate of drug-likeness (QED) is 0.366. The summed E-state index contributed by atoms with van der Waals surface area (Å²) in [5.74, 6) is 2.57. The average Bonchev–Trinajstić information content (AvgIpc) is 2.07. The Morgan fingerprint density at radius 1 is 1.55 bits per heavy atom. The van der Waals surface area contributed by atoms with Crippen LogP contribution in [0.2, 0.25) is 0 Å². The van der Waals surface area contributed by atoms with Crippen LogP contribution >= 0.6 is 0 Å². The Morgan fingerprint density at radius 2 is 2.45 bits per heavy atom. The van der Waals surface area contributed by atoms with E-state index in [0.717, 1.165) is 6.54 Å². The Balaban J connectivity index is 2.15. The zero-order valence-corrected chi connectivity index (χ0v) is 6.90. The highest BCUT2D eigenvalue weighted by Crippen LogP contribution is 2.15. The van der Waals surface area contributed by atoms with Crippen molar-refractivity contribution in [2.75, 3.05) is 13.1 Å². The molecule has 0 bridgehead atoms. The summed E-state index contributed by atoms with van der Waals surface area (Å²) in [5.41, 5.74) is 1.53. The molecule has 0 saturated heterocycles. The van der Waals surface area contributed by atoms with Crippen molar-refractivity contribution in [3.8, 4) is 12.3 Å². The Labute approximate surface area is 68.9 Å². The molecule has 0 aromatic carbocycles. The minimum atomic E-state index is 0.692. The van der Waals surface area contributed by atoms with E-state index in [1.165, 1.54) is 31.3 Å². The average molecular weight is 149 g/mol. The molecule has 0 saturated carbocycles. The van der Waals surface area contributed by atoms with Crippen LogP contribution in [0.1, 0.15) is 25.7 Å². The van der Waals surface area contributed by atoms with E-state index < -0.39 is 0 Å². The maximum atomic E-state index is 5.11. The highest BCUT2D eigenvalue weighted by atomic mass is 14.8. The van der Waals surface area contributed by atoms with Gasteiger partial charge in [0, 0.05) is 6.54 Å². The van der Waals surface area contributed by atoms with Gasteiger partial charge in [0.05, 0.1) is 6.54 Å². The molecular weight excluding hydrogens is 134 g/mol. The minimum absolute atomic E-state index is 0.692. The van der Waals surface area contributed by atoms with Gasteiger partial charge in [0.15, 0.2) is 0 Å². The normalized spacial score (nSPS) is 17.2. The van der Waals surface area contributed by atoms with Gasteiger partial charge in [-0.1, -0.05) is 17.6 Å². The topological polar surface area (TPSA) is 12.0 Å². The highest BCUT2D eigenvalue weighted by molar-refractivity contribution is 5.07. The summed E-state index contributed by atoms with van der Waals surface area (Å²) in [7, 11) is 0. The van der Waals surface area contributed by atoms with Crippen LogP contribution in [0.4, 0.5) is 0 Å². The SMILES string of the molecule is C#CCNCC1=CCCCC1. The highest BCUT2D eigenvalue weighted by Gasteiger charge is 2.01. The first kappa shape index (κ1) is 8.36. The van der Waals surface area contributed by atoms with Gasteiger partial charge < -0.3 is 5.32 Å². The van der Waals surface area contributed by atoms with E-state index in [9.17, 15) is 0 Å². The van der Waals surface area contributed by atoms with Crippen molar-refractivity contribution >= 4 is 0 Å². The van der Waals surface area contributed by atoms with Gasteiger partial charge in [0.25, 0.3) is 0 Å². The lowest BCUT2D eigenvalue weighted by molar-refractivity contribution is 0.666. The molecule has 0 aromatic heterocycles. The molecule has 1 aliphatic rings. The predicted octanol–water partition coefficient (Wildman–Crippen LogP) is 1.71. The van der Waals surface area contributed by atoms with E-state index in [1.807, 2.05) is 0 Å². The van der Waals surface area contributed by atoms with Gasteiger partial charge in [0.1, 0.15) is 0 Å². The largest absolute Gasteiger partial charge is 0.302 e. The Kier molecular flexibility index (Phi) is 3.79. The molecule has 1 nitrogen and oxygen atoms in total. The van der Waals surface area contributed by atoms with Gasteiger partial charge in [-0.05, 0) is 25.7 Å². The van der Waals surface area contributed by atoms with Crippen LogP contribution in [0, 0.1) is 12.3 Å². The summed E-state index contributed by atoms with van der Waals surface area (Å²) < 4.78 is 0. The third kappa shape index (κ3) is 3.25. The second-order valence-electron chi connectivity index (χ2n) is 2.92. The zero-order valence-electron chi connectivity index (χ0n) is 6.90. The van der Waals surface area contributed by atoms with Crippen LogP contribution in [0.3, 0.4) is 0 Å². The minimum Gasteiger partial charge on any atom is -0.302 e. The van der Waals surface area contributed by atoms with Crippen molar-refractivity contribution in [3.05, 3.63) is 11.6 Å². The van der Waals surface area contributed by atoms with E-state index >= 15 is 0 Å². The van der Waals surface area contributed by atoms with Crippen LogP contribution in [0.5, 0.6) is 0 Å². The zero-order chi connectivity index (χ0) is 7.94. The van der Waals surface area contributed by atoms with Crippen molar-refractivity contribution < 1.29 is 0 Å². The van der Waals surface area contributed by atoms with Crippen LogP contribution in [0.25, 0.3) is 0 Å². The summed E-state index contributed by atoms with van der Waals surface area (Å²) in [5, 5.41) is 3.20. The lowest BCUT2D eigenvalue weighted by Gasteiger charge is -2.11. The summed E-state index contributed by atoms with van der Waals surface area (Å²) in [6.07, 6.45) is 12.7. The van der Waals surface area contributed by atoms with Crippen molar-refractivity contribution in [1.82, 2.24) is 5.32 Å². The van der Waals surface area contributed by atoms with E-state index in [1.54, 1.807) is 0 Å². The summed E-state index contributed by atoms with van der Waals surface area (Å²) in [4.78, 5) is 0. The maximum Gasteiger partial charge on any atom is 0.0576 e. The molecule has 0 amide bonds. The van der Waals surface area contributed by atoms with Gasteiger partial charge in [-0.15, -0.1) is 6.42 Å². The van der Waals surface area contributed by atoms with Crippen molar-refractivity contribution in [2.45, 2.75) is 25.7 Å². The smallest absolute Gasteiger partial charge is 0.0576 e. The predicted molar refractivity (Wildman–Crippen MR) is 48.3 cm³/mol. The molecule has 60 valence electrons. The molecule has 0 heterocycles. The molecule has 1 N–H and O–H groups in total. The lowest BCUT2D eigenvalue weighted by atomic mass is 10.00. The first-order valence-electron chi connectivity index (χ1n) is 4.25. The number of terminal acetylenes is 1. The molecule has 0 aliphatic heterocycles.